The van der Waals surface area contributed by atoms with Gasteiger partial charge in [-0.2, -0.15) is 0 Å². The maximum atomic E-state index is 5.50. The first-order valence-electron chi connectivity index (χ1n) is 4.77. The number of nitrogens with zero attached hydrogens (tertiary/aromatic N) is 1. The summed E-state index contributed by atoms with van der Waals surface area (Å²) in [5.41, 5.74) is 7.76. The van der Waals surface area contributed by atoms with E-state index in [0.717, 1.165) is 30.8 Å². The predicted octanol–water partition coefficient (Wildman–Crippen LogP) is 1.82. The smallest absolute Gasteiger partial charge is 0.137 e. The Kier molecular flexibility index (Phi) is 3.48. The van der Waals surface area contributed by atoms with Crippen LogP contribution in [0.5, 0.6) is 0 Å². The molecule has 3 heteroatoms. The molecule has 1 rings (SSSR count). The van der Waals surface area contributed by atoms with Crippen molar-refractivity contribution in [2.75, 3.05) is 6.54 Å². The van der Waals surface area contributed by atoms with Crippen LogP contribution in [0.15, 0.2) is 4.52 Å². The standard InChI is InChI=1S/C10H18N2O/c1-7(4-5-11)6-10-8(2)12-13-9(10)3/h7H,4-6,11H2,1-3H3. The number of hydrogen-bond donors (Lipinski definition) is 1. The highest BCUT2D eigenvalue weighted by atomic mass is 16.5. The Bertz CT molecular complexity index is 248. The molecule has 0 aliphatic carbocycles. The van der Waals surface area contributed by atoms with Crippen LogP contribution in [0.25, 0.3) is 0 Å². The van der Waals surface area contributed by atoms with Gasteiger partial charge in [0.2, 0.25) is 0 Å². The fraction of sp³-hybridized carbons (Fsp3) is 0.700. The van der Waals surface area contributed by atoms with Crippen molar-refractivity contribution in [1.29, 1.82) is 0 Å². The molecule has 0 amide bonds. The third kappa shape index (κ3) is 2.56. The molecule has 0 fully saturated rings. The Morgan fingerprint density at radius 3 is 2.62 bits per heavy atom. The van der Waals surface area contributed by atoms with Crippen molar-refractivity contribution < 1.29 is 4.52 Å². The molecule has 2 N–H and O–H groups in total. The minimum atomic E-state index is 0.613. The Hall–Kier alpha value is -0.830. The summed E-state index contributed by atoms with van der Waals surface area (Å²) in [5, 5.41) is 3.92. The van der Waals surface area contributed by atoms with E-state index >= 15 is 0 Å². The van der Waals surface area contributed by atoms with E-state index in [0.29, 0.717) is 5.92 Å². The SMILES string of the molecule is Cc1noc(C)c1CC(C)CCN. The first kappa shape index (κ1) is 10.3. The van der Waals surface area contributed by atoms with Crippen molar-refractivity contribution in [1.82, 2.24) is 5.16 Å². The second-order valence-electron chi connectivity index (χ2n) is 3.69. The van der Waals surface area contributed by atoms with Crippen molar-refractivity contribution in [3.05, 3.63) is 17.0 Å². The lowest BCUT2D eigenvalue weighted by molar-refractivity contribution is 0.391. The summed E-state index contributed by atoms with van der Waals surface area (Å²) in [6.07, 6.45) is 2.09. The third-order valence-electron chi connectivity index (χ3n) is 2.39. The zero-order valence-corrected chi connectivity index (χ0v) is 8.63. The van der Waals surface area contributed by atoms with Gasteiger partial charge in [0.15, 0.2) is 0 Å². The van der Waals surface area contributed by atoms with Crippen LogP contribution in [-0.4, -0.2) is 11.7 Å². The Morgan fingerprint density at radius 2 is 2.15 bits per heavy atom. The van der Waals surface area contributed by atoms with E-state index in [9.17, 15) is 0 Å². The predicted molar refractivity (Wildman–Crippen MR) is 52.5 cm³/mol. The molecule has 74 valence electrons. The quantitative estimate of drug-likeness (QED) is 0.772. The highest BCUT2D eigenvalue weighted by molar-refractivity contribution is 5.21. The van der Waals surface area contributed by atoms with E-state index in [2.05, 4.69) is 12.1 Å². The summed E-state index contributed by atoms with van der Waals surface area (Å²) in [6.45, 7) is 6.91. The molecule has 0 saturated heterocycles. The molecule has 0 spiro atoms. The average Bonchev–Trinajstić information content (AvgIpc) is 2.36. The highest BCUT2D eigenvalue weighted by Crippen LogP contribution is 2.18. The minimum Gasteiger partial charge on any atom is -0.361 e. The van der Waals surface area contributed by atoms with E-state index in [1.165, 1.54) is 5.56 Å². The van der Waals surface area contributed by atoms with Crippen LogP contribution in [0.4, 0.5) is 0 Å². The van der Waals surface area contributed by atoms with Crippen LogP contribution in [-0.2, 0) is 6.42 Å². The van der Waals surface area contributed by atoms with Crippen molar-refractivity contribution >= 4 is 0 Å². The maximum absolute atomic E-state index is 5.50. The number of rotatable bonds is 4. The monoisotopic (exact) mass is 182 g/mol. The molecule has 1 aromatic rings. The fourth-order valence-electron chi connectivity index (χ4n) is 1.53. The summed E-state index contributed by atoms with van der Waals surface area (Å²) in [5.74, 6) is 1.56. The Morgan fingerprint density at radius 1 is 1.46 bits per heavy atom. The van der Waals surface area contributed by atoms with Gasteiger partial charge in [-0.1, -0.05) is 12.1 Å². The van der Waals surface area contributed by atoms with Gasteiger partial charge in [0, 0.05) is 5.56 Å². The second kappa shape index (κ2) is 4.42. The van der Waals surface area contributed by atoms with Crippen molar-refractivity contribution in [3.63, 3.8) is 0 Å². The minimum absolute atomic E-state index is 0.613. The van der Waals surface area contributed by atoms with Gasteiger partial charge >= 0.3 is 0 Å². The molecule has 1 unspecified atom stereocenters. The number of aryl methyl sites for hydroxylation is 2. The molecule has 0 aromatic carbocycles. The van der Waals surface area contributed by atoms with Gasteiger partial charge in [0.25, 0.3) is 0 Å². The van der Waals surface area contributed by atoms with E-state index in [1.54, 1.807) is 0 Å². The van der Waals surface area contributed by atoms with Crippen molar-refractivity contribution in [2.45, 2.75) is 33.6 Å². The molecule has 13 heavy (non-hydrogen) atoms. The number of nitrogens with two attached hydrogens (primary N) is 1. The third-order valence-corrected chi connectivity index (χ3v) is 2.39. The topological polar surface area (TPSA) is 52.0 Å². The number of hydrogen-bond acceptors (Lipinski definition) is 3. The zero-order chi connectivity index (χ0) is 9.84. The van der Waals surface area contributed by atoms with E-state index in [1.807, 2.05) is 13.8 Å². The van der Waals surface area contributed by atoms with Gasteiger partial charge in [-0.15, -0.1) is 0 Å². The molecule has 0 aliphatic heterocycles. The van der Waals surface area contributed by atoms with Crippen LogP contribution in [0.2, 0.25) is 0 Å². The van der Waals surface area contributed by atoms with E-state index < -0.39 is 0 Å². The summed E-state index contributed by atoms with van der Waals surface area (Å²) in [7, 11) is 0. The second-order valence-corrected chi connectivity index (χ2v) is 3.69. The lowest BCUT2D eigenvalue weighted by Gasteiger charge is -2.08. The summed E-state index contributed by atoms with van der Waals surface area (Å²) < 4.78 is 5.09. The van der Waals surface area contributed by atoms with Gasteiger partial charge in [-0.3, -0.25) is 0 Å². The van der Waals surface area contributed by atoms with Crippen LogP contribution in [0, 0.1) is 19.8 Å². The van der Waals surface area contributed by atoms with Crippen LogP contribution in [0.3, 0.4) is 0 Å². The van der Waals surface area contributed by atoms with Crippen molar-refractivity contribution in [2.24, 2.45) is 11.7 Å². The zero-order valence-electron chi connectivity index (χ0n) is 8.63. The molecule has 0 aliphatic rings. The first-order chi connectivity index (χ1) is 6.15. The van der Waals surface area contributed by atoms with E-state index in [4.69, 9.17) is 10.3 Å². The molecule has 1 heterocycles. The fourth-order valence-corrected chi connectivity index (χ4v) is 1.53. The molecular weight excluding hydrogens is 164 g/mol. The van der Waals surface area contributed by atoms with Crippen LogP contribution in [0.1, 0.15) is 30.4 Å². The van der Waals surface area contributed by atoms with Gasteiger partial charge in [-0.25, -0.2) is 0 Å². The first-order valence-corrected chi connectivity index (χ1v) is 4.77. The summed E-state index contributed by atoms with van der Waals surface area (Å²) in [4.78, 5) is 0. The molecule has 0 radical (unpaired) electrons. The molecule has 0 bridgehead atoms. The molecule has 1 aromatic heterocycles. The molecular formula is C10H18N2O. The van der Waals surface area contributed by atoms with Gasteiger partial charge in [0.1, 0.15) is 5.76 Å². The van der Waals surface area contributed by atoms with Crippen LogP contribution < -0.4 is 5.73 Å². The lowest BCUT2D eigenvalue weighted by Crippen LogP contribution is -2.08. The molecule has 3 nitrogen and oxygen atoms in total. The molecule has 0 saturated carbocycles. The Balaban J connectivity index is 2.62. The number of aromatic nitrogens is 1. The average molecular weight is 182 g/mol. The summed E-state index contributed by atoms with van der Waals surface area (Å²) in [6, 6.07) is 0. The van der Waals surface area contributed by atoms with Gasteiger partial charge in [0.05, 0.1) is 5.69 Å². The normalized spacial score (nSPS) is 13.2. The highest BCUT2D eigenvalue weighted by Gasteiger charge is 2.11. The lowest BCUT2D eigenvalue weighted by atomic mass is 9.97. The van der Waals surface area contributed by atoms with Crippen LogP contribution >= 0.6 is 0 Å². The summed E-state index contributed by atoms with van der Waals surface area (Å²) >= 11 is 0. The van der Waals surface area contributed by atoms with E-state index in [-0.39, 0.29) is 0 Å². The van der Waals surface area contributed by atoms with Crippen molar-refractivity contribution in [3.8, 4) is 0 Å². The maximum Gasteiger partial charge on any atom is 0.137 e. The Labute approximate surface area is 79.3 Å². The molecule has 1 atom stereocenters. The van der Waals surface area contributed by atoms with Gasteiger partial charge in [-0.05, 0) is 39.2 Å². The largest absolute Gasteiger partial charge is 0.361 e. The van der Waals surface area contributed by atoms with Gasteiger partial charge < -0.3 is 10.3 Å².